The molecule has 0 unspecified atom stereocenters. The maximum absolute atomic E-state index is 12.5. The Morgan fingerprint density at radius 2 is 1.92 bits per heavy atom. The molecule has 0 atom stereocenters. The molecule has 1 aliphatic heterocycles. The molecule has 1 aliphatic rings. The van der Waals surface area contributed by atoms with Gasteiger partial charge in [-0.3, -0.25) is 0 Å². The van der Waals surface area contributed by atoms with Gasteiger partial charge in [0.15, 0.2) is 0 Å². The Kier molecular flexibility index (Phi) is 6.89. The first-order valence-corrected chi connectivity index (χ1v) is 9.98. The van der Waals surface area contributed by atoms with Crippen LogP contribution in [0.3, 0.4) is 0 Å². The largest absolute Gasteiger partial charge is 0.453 e. The average molecular weight is 375 g/mol. The number of amides is 1. The second kappa shape index (κ2) is 8.69. The molecule has 1 saturated heterocycles. The van der Waals surface area contributed by atoms with Gasteiger partial charge in [-0.05, 0) is 43.4 Å². The summed E-state index contributed by atoms with van der Waals surface area (Å²) in [6.45, 7) is 0.967. The fourth-order valence-corrected chi connectivity index (χ4v) is 4.14. The third kappa shape index (κ3) is 5.09. The molecule has 6 nitrogen and oxygen atoms in total. The van der Waals surface area contributed by atoms with Crippen molar-refractivity contribution in [2.45, 2.75) is 36.6 Å². The van der Waals surface area contributed by atoms with Crippen LogP contribution in [0.2, 0.25) is 0 Å². The molecule has 1 amide bonds. The number of aryl methyl sites for hydroxylation is 1. The smallest absolute Gasteiger partial charge is 0.409 e. The first-order valence-electron chi connectivity index (χ1n) is 7.96. The molecule has 1 aromatic carbocycles. The molecule has 0 aromatic heterocycles. The fraction of sp³-hybridized carbons (Fsp3) is 0.562. The normalized spacial score (nSPS) is 16.2. The summed E-state index contributed by atoms with van der Waals surface area (Å²) in [5.74, 6) is 0.589. The molecule has 0 radical (unpaired) electrons. The highest BCUT2D eigenvalue weighted by Gasteiger charge is 2.26. The van der Waals surface area contributed by atoms with E-state index in [9.17, 15) is 13.2 Å². The number of nitrogens with one attached hydrogen (secondary N) is 1. The topological polar surface area (TPSA) is 75.7 Å². The van der Waals surface area contributed by atoms with Crippen molar-refractivity contribution >= 4 is 27.7 Å². The van der Waals surface area contributed by atoms with Gasteiger partial charge < -0.3 is 9.64 Å². The number of rotatable bonds is 6. The van der Waals surface area contributed by atoms with Gasteiger partial charge in [-0.1, -0.05) is 12.1 Å². The van der Waals surface area contributed by atoms with Crippen LogP contribution in [0.4, 0.5) is 4.79 Å². The number of piperidine rings is 1. The molecule has 134 valence electrons. The standard InChI is InChI=1S/C16H23ClN2O4S/c1-23-16(20)19-11-8-14(9-12-19)18-24(21,22)15-6-4-13(5-7-15)3-2-10-17/h4-7,14,18H,2-3,8-12H2,1H3. The van der Waals surface area contributed by atoms with Crippen molar-refractivity contribution < 1.29 is 17.9 Å². The molecule has 0 saturated carbocycles. The van der Waals surface area contributed by atoms with E-state index in [-0.39, 0.29) is 17.0 Å². The molecule has 1 N–H and O–H groups in total. The van der Waals surface area contributed by atoms with Gasteiger partial charge in [0, 0.05) is 25.0 Å². The molecular formula is C16H23ClN2O4S. The van der Waals surface area contributed by atoms with Gasteiger partial charge in [-0.25, -0.2) is 17.9 Å². The minimum absolute atomic E-state index is 0.174. The number of halogens is 1. The minimum Gasteiger partial charge on any atom is -0.453 e. The lowest BCUT2D eigenvalue weighted by Crippen LogP contribution is -2.46. The summed E-state index contributed by atoms with van der Waals surface area (Å²) in [5, 5.41) is 0. The van der Waals surface area contributed by atoms with Crippen molar-refractivity contribution in [3.8, 4) is 0 Å². The van der Waals surface area contributed by atoms with Crippen molar-refractivity contribution in [3.63, 3.8) is 0 Å². The number of nitrogens with zero attached hydrogens (tertiary/aromatic N) is 1. The van der Waals surface area contributed by atoms with Crippen LogP contribution in [0.25, 0.3) is 0 Å². The van der Waals surface area contributed by atoms with E-state index in [2.05, 4.69) is 9.46 Å². The lowest BCUT2D eigenvalue weighted by molar-refractivity contribution is 0.111. The van der Waals surface area contributed by atoms with E-state index in [0.29, 0.717) is 31.8 Å². The number of carbonyl (C=O) groups excluding carboxylic acids is 1. The van der Waals surface area contributed by atoms with E-state index in [4.69, 9.17) is 11.6 Å². The summed E-state index contributed by atoms with van der Waals surface area (Å²) in [5.41, 5.74) is 1.07. The number of sulfonamides is 1. The van der Waals surface area contributed by atoms with E-state index in [0.717, 1.165) is 18.4 Å². The predicted molar refractivity (Wildman–Crippen MR) is 92.8 cm³/mol. The summed E-state index contributed by atoms with van der Waals surface area (Å²) in [6, 6.07) is 6.71. The van der Waals surface area contributed by atoms with Crippen LogP contribution in [-0.2, 0) is 21.2 Å². The quantitative estimate of drug-likeness (QED) is 0.775. The van der Waals surface area contributed by atoms with Crippen LogP contribution in [-0.4, -0.2) is 51.5 Å². The maximum atomic E-state index is 12.5. The Morgan fingerprint density at radius 3 is 2.46 bits per heavy atom. The SMILES string of the molecule is COC(=O)N1CCC(NS(=O)(=O)c2ccc(CCCCl)cc2)CC1. The first kappa shape index (κ1) is 19.0. The van der Waals surface area contributed by atoms with E-state index in [1.807, 2.05) is 12.1 Å². The highest BCUT2D eigenvalue weighted by molar-refractivity contribution is 7.89. The fourth-order valence-electron chi connectivity index (χ4n) is 2.70. The summed E-state index contributed by atoms with van der Waals surface area (Å²) < 4.78 is 32.3. The van der Waals surface area contributed by atoms with E-state index in [1.54, 1.807) is 17.0 Å². The predicted octanol–water partition coefficient (Wildman–Crippen LogP) is 2.37. The van der Waals surface area contributed by atoms with Crippen LogP contribution in [0.15, 0.2) is 29.2 Å². The van der Waals surface area contributed by atoms with Crippen molar-refractivity contribution in [2.24, 2.45) is 0 Å². The zero-order valence-electron chi connectivity index (χ0n) is 13.7. The van der Waals surface area contributed by atoms with Crippen LogP contribution >= 0.6 is 11.6 Å². The molecule has 0 aliphatic carbocycles. The second-order valence-corrected chi connectivity index (χ2v) is 7.88. The Bertz CT molecular complexity index is 641. The van der Waals surface area contributed by atoms with Crippen LogP contribution < -0.4 is 4.72 Å². The van der Waals surface area contributed by atoms with Gasteiger partial charge in [0.05, 0.1) is 12.0 Å². The second-order valence-electron chi connectivity index (χ2n) is 5.79. The number of ether oxygens (including phenoxy) is 1. The number of methoxy groups -OCH3 is 1. The lowest BCUT2D eigenvalue weighted by Gasteiger charge is -2.31. The molecule has 24 heavy (non-hydrogen) atoms. The Hall–Kier alpha value is -1.31. The van der Waals surface area contributed by atoms with Crippen molar-refractivity contribution in [1.29, 1.82) is 0 Å². The van der Waals surface area contributed by atoms with E-state index < -0.39 is 10.0 Å². The van der Waals surface area contributed by atoms with Gasteiger partial charge in [0.25, 0.3) is 0 Å². The molecular weight excluding hydrogens is 352 g/mol. The van der Waals surface area contributed by atoms with Gasteiger partial charge in [-0.2, -0.15) is 0 Å². The zero-order chi connectivity index (χ0) is 17.6. The van der Waals surface area contributed by atoms with Crippen molar-refractivity contribution in [1.82, 2.24) is 9.62 Å². The number of alkyl halides is 1. The number of carbonyl (C=O) groups is 1. The van der Waals surface area contributed by atoms with E-state index >= 15 is 0 Å². The summed E-state index contributed by atoms with van der Waals surface area (Å²) in [4.78, 5) is 13.3. The van der Waals surface area contributed by atoms with Gasteiger partial charge in [0.1, 0.15) is 0 Å². The number of likely N-dealkylation sites (tertiary alicyclic amines) is 1. The summed E-state index contributed by atoms with van der Waals surface area (Å²) >= 11 is 5.66. The number of hydrogen-bond acceptors (Lipinski definition) is 4. The van der Waals surface area contributed by atoms with Crippen molar-refractivity contribution in [3.05, 3.63) is 29.8 Å². The molecule has 8 heteroatoms. The van der Waals surface area contributed by atoms with Crippen molar-refractivity contribution in [2.75, 3.05) is 26.1 Å². The zero-order valence-corrected chi connectivity index (χ0v) is 15.3. The average Bonchev–Trinajstić information content (AvgIpc) is 2.60. The third-order valence-electron chi connectivity index (χ3n) is 4.08. The molecule has 0 bridgehead atoms. The minimum atomic E-state index is -3.55. The molecule has 1 aromatic rings. The molecule has 1 fully saturated rings. The maximum Gasteiger partial charge on any atom is 0.409 e. The lowest BCUT2D eigenvalue weighted by atomic mass is 10.1. The first-order chi connectivity index (χ1) is 11.5. The Morgan fingerprint density at radius 1 is 1.29 bits per heavy atom. The monoisotopic (exact) mass is 374 g/mol. The van der Waals surface area contributed by atoms with E-state index in [1.165, 1.54) is 7.11 Å². The molecule has 2 rings (SSSR count). The summed E-state index contributed by atoms with van der Waals surface area (Å²) in [7, 11) is -2.21. The van der Waals surface area contributed by atoms with Crippen LogP contribution in [0.1, 0.15) is 24.8 Å². The number of benzene rings is 1. The third-order valence-corrected chi connectivity index (χ3v) is 5.89. The van der Waals surface area contributed by atoms with Gasteiger partial charge >= 0.3 is 6.09 Å². The summed E-state index contributed by atoms with van der Waals surface area (Å²) in [6.07, 6.45) is 2.47. The van der Waals surface area contributed by atoms with Crippen LogP contribution in [0, 0.1) is 0 Å². The highest BCUT2D eigenvalue weighted by atomic mass is 35.5. The van der Waals surface area contributed by atoms with Gasteiger partial charge in [-0.15, -0.1) is 11.6 Å². The Labute approximate surface area is 148 Å². The molecule has 0 spiro atoms. The van der Waals surface area contributed by atoms with Gasteiger partial charge in [0.2, 0.25) is 10.0 Å². The number of hydrogen-bond donors (Lipinski definition) is 1. The highest BCUT2D eigenvalue weighted by Crippen LogP contribution is 2.16. The van der Waals surface area contributed by atoms with Crippen LogP contribution in [0.5, 0.6) is 0 Å². The Balaban J connectivity index is 1.93. The molecule has 1 heterocycles.